The minimum atomic E-state index is -1.16. The third-order valence-electron chi connectivity index (χ3n) is 5.46. The van der Waals surface area contributed by atoms with Crippen LogP contribution in [0.4, 0.5) is 4.79 Å². The number of hydrogen-bond acceptors (Lipinski definition) is 6. The van der Waals surface area contributed by atoms with E-state index in [2.05, 4.69) is 25.9 Å². The van der Waals surface area contributed by atoms with Crippen molar-refractivity contribution in [2.24, 2.45) is 11.8 Å². The molecule has 1 heterocycles. The van der Waals surface area contributed by atoms with Crippen LogP contribution >= 0.6 is 0 Å². The van der Waals surface area contributed by atoms with Crippen LogP contribution in [0.1, 0.15) is 51.8 Å². The topological polar surface area (TPSA) is 163 Å². The molecular weight excluding hydrogens is 478 g/mol. The molecule has 3 amide bonds. The molecule has 0 saturated heterocycles. The van der Waals surface area contributed by atoms with Gasteiger partial charge >= 0.3 is 12.1 Å². The summed E-state index contributed by atoms with van der Waals surface area (Å²) in [6.45, 7) is 7.54. The molecule has 0 aliphatic heterocycles. The van der Waals surface area contributed by atoms with Crippen molar-refractivity contribution < 1.29 is 29.0 Å². The minimum absolute atomic E-state index is 0.0311. The number of ether oxygens (including phenoxy) is 1. The van der Waals surface area contributed by atoms with Gasteiger partial charge in [0.1, 0.15) is 24.7 Å². The number of carboxylic acid groups (broad SMARTS) is 1. The largest absolute Gasteiger partial charge is 0.480 e. The van der Waals surface area contributed by atoms with E-state index in [0.717, 1.165) is 5.56 Å². The fourth-order valence-electron chi connectivity index (χ4n) is 3.67. The molecule has 0 fully saturated rings. The molecule has 11 heteroatoms. The lowest BCUT2D eigenvalue weighted by molar-refractivity contribution is -0.142. The predicted molar refractivity (Wildman–Crippen MR) is 136 cm³/mol. The van der Waals surface area contributed by atoms with Crippen LogP contribution in [0, 0.1) is 11.8 Å². The summed E-state index contributed by atoms with van der Waals surface area (Å²) in [6, 6.07) is 5.96. The van der Waals surface area contributed by atoms with Crippen molar-refractivity contribution in [2.45, 2.75) is 71.7 Å². The number of aliphatic carboxylic acids is 1. The Labute approximate surface area is 216 Å². The number of carbonyl (C=O) groups is 4. The zero-order valence-corrected chi connectivity index (χ0v) is 21.7. The first-order valence-corrected chi connectivity index (χ1v) is 12.3. The number of aromatic nitrogens is 2. The quantitative estimate of drug-likeness (QED) is 0.258. The highest BCUT2D eigenvalue weighted by Crippen LogP contribution is 2.10. The Morgan fingerprint density at radius 2 is 1.49 bits per heavy atom. The van der Waals surface area contributed by atoms with E-state index in [4.69, 9.17) is 4.74 Å². The second kappa shape index (κ2) is 14.6. The average molecular weight is 516 g/mol. The van der Waals surface area contributed by atoms with Gasteiger partial charge in [0.25, 0.3) is 0 Å². The molecule has 1 aromatic heterocycles. The fraction of sp³-hybridized carbons (Fsp3) is 0.500. The van der Waals surface area contributed by atoms with Gasteiger partial charge in [0.15, 0.2) is 0 Å². The summed E-state index contributed by atoms with van der Waals surface area (Å²) >= 11 is 0. The monoisotopic (exact) mass is 515 g/mol. The van der Waals surface area contributed by atoms with Crippen LogP contribution in [0.3, 0.4) is 0 Å². The summed E-state index contributed by atoms with van der Waals surface area (Å²) in [5, 5.41) is 17.3. The Balaban J connectivity index is 2.12. The Morgan fingerprint density at radius 3 is 2.05 bits per heavy atom. The van der Waals surface area contributed by atoms with Crippen molar-refractivity contribution in [3.8, 4) is 0 Å². The summed E-state index contributed by atoms with van der Waals surface area (Å²) in [6.07, 6.45) is 2.78. The van der Waals surface area contributed by atoms with Crippen LogP contribution in [0.5, 0.6) is 0 Å². The van der Waals surface area contributed by atoms with Crippen LogP contribution in [-0.4, -0.2) is 57.1 Å². The SMILES string of the molecule is CC(C)C[C@H](NC(=O)[C@H](Cc1cnc[nH]1)NC(=O)[C@H](CC(C)C)NC(=O)OCc1ccccc1)C(=O)O. The number of aromatic amines is 1. The van der Waals surface area contributed by atoms with E-state index in [9.17, 15) is 24.3 Å². The Morgan fingerprint density at radius 1 is 0.892 bits per heavy atom. The average Bonchev–Trinajstić information content (AvgIpc) is 3.34. The van der Waals surface area contributed by atoms with E-state index in [0.29, 0.717) is 12.1 Å². The molecule has 0 bridgehead atoms. The lowest BCUT2D eigenvalue weighted by Crippen LogP contribution is -2.56. The van der Waals surface area contributed by atoms with Gasteiger partial charge in [-0.25, -0.2) is 14.6 Å². The first-order valence-electron chi connectivity index (χ1n) is 12.3. The van der Waals surface area contributed by atoms with Crippen molar-refractivity contribution in [3.63, 3.8) is 0 Å². The van der Waals surface area contributed by atoms with Gasteiger partial charge in [-0.05, 0) is 30.2 Å². The highest BCUT2D eigenvalue weighted by Gasteiger charge is 2.31. The molecule has 0 saturated carbocycles. The molecule has 37 heavy (non-hydrogen) atoms. The zero-order valence-electron chi connectivity index (χ0n) is 21.7. The molecule has 3 atom stereocenters. The number of alkyl carbamates (subject to hydrolysis) is 1. The first kappa shape index (κ1) is 29.3. The van der Waals surface area contributed by atoms with Gasteiger partial charge in [0, 0.05) is 18.3 Å². The Hall–Kier alpha value is -3.89. The normalized spacial score (nSPS) is 13.5. The smallest absolute Gasteiger partial charge is 0.408 e. The predicted octanol–water partition coefficient (Wildman–Crippen LogP) is 2.39. The minimum Gasteiger partial charge on any atom is -0.480 e. The summed E-state index contributed by atoms with van der Waals surface area (Å²) in [4.78, 5) is 57.2. The molecule has 0 aliphatic rings. The third kappa shape index (κ3) is 10.7. The number of H-pyrrole nitrogens is 1. The van der Waals surface area contributed by atoms with Crippen LogP contribution < -0.4 is 16.0 Å². The fourth-order valence-corrected chi connectivity index (χ4v) is 3.67. The Bertz CT molecular complexity index is 1010. The van der Waals surface area contributed by atoms with Crippen LogP contribution in [0.2, 0.25) is 0 Å². The van der Waals surface area contributed by atoms with Crippen molar-refractivity contribution in [3.05, 3.63) is 54.1 Å². The van der Waals surface area contributed by atoms with E-state index in [1.54, 1.807) is 0 Å². The van der Waals surface area contributed by atoms with Gasteiger partial charge in [-0.1, -0.05) is 58.0 Å². The molecule has 0 unspecified atom stereocenters. The number of nitrogens with zero attached hydrogens (tertiary/aromatic N) is 1. The van der Waals surface area contributed by atoms with Gasteiger partial charge in [-0.2, -0.15) is 0 Å². The van der Waals surface area contributed by atoms with Crippen molar-refractivity contribution >= 4 is 23.9 Å². The molecule has 1 aromatic carbocycles. The molecule has 0 spiro atoms. The molecule has 5 N–H and O–H groups in total. The maximum absolute atomic E-state index is 13.2. The standard InChI is InChI=1S/C26H37N5O6/c1-16(2)10-20(31-26(36)37-14-18-8-6-5-7-9-18)23(32)29-21(12-19-13-27-15-28-19)24(33)30-22(25(34)35)11-17(3)4/h5-9,13,15-17,20-22H,10-12,14H2,1-4H3,(H,27,28)(H,29,32)(H,30,33)(H,31,36)(H,34,35)/t20-,21-,22-/m0/s1. The maximum Gasteiger partial charge on any atom is 0.408 e. The van der Waals surface area contributed by atoms with Gasteiger partial charge in [0.2, 0.25) is 11.8 Å². The highest BCUT2D eigenvalue weighted by atomic mass is 16.5. The zero-order chi connectivity index (χ0) is 27.4. The lowest BCUT2D eigenvalue weighted by Gasteiger charge is -2.25. The summed E-state index contributed by atoms with van der Waals surface area (Å²) in [5.41, 5.74) is 1.38. The van der Waals surface area contributed by atoms with E-state index >= 15 is 0 Å². The van der Waals surface area contributed by atoms with E-state index in [-0.39, 0.29) is 31.3 Å². The summed E-state index contributed by atoms with van der Waals surface area (Å²) < 4.78 is 5.26. The number of carboxylic acids is 1. The van der Waals surface area contributed by atoms with E-state index in [1.165, 1.54) is 12.5 Å². The number of rotatable bonds is 14. The Kier molecular flexibility index (Phi) is 11.6. The number of nitrogens with one attached hydrogen (secondary N) is 4. The van der Waals surface area contributed by atoms with Gasteiger partial charge in [-0.15, -0.1) is 0 Å². The van der Waals surface area contributed by atoms with Crippen LogP contribution in [0.15, 0.2) is 42.9 Å². The number of benzene rings is 1. The molecular formula is C26H37N5O6. The summed E-state index contributed by atoms with van der Waals surface area (Å²) in [5.74, 6) is -2.31. The van der Waals surface area contributed by atoms with Gasteiger partial charge < -0.3 is 30.8 Å². The third-order valence-corrected chi connectivity index (χ3v) is 5.46. The molecule has 2 aromatic rings. The summed E-state index contributed by atoms with van der Waals surface area (Å²) in [7, 11) is 0. The second-order valence-electron chi connectivity index (χ2n) is 9.76. The molecule has 11 nitrogen and oxygen atoms in total. The molecule has 202 valence electrons. The van der Waals surface area contributed by atoms with Crippen LogP contribution in [0.25, 0.3) is 0 Å². The van der Waals surface area contributed by atoms with Gasteiger partial charge in [0.05, 0.1) is 6.33 Å². The number of imidazole rings is 1. The molecule has 0 radical (unpaired) electrons. The van der Waals surface area contributed by atoms with E-state index < -0.39 is 42.0 Å². The number of carbonyl (C=O) groups excluding carboxylic acids is 3. The molecule has 2 rings (SSSR count). The van der Waals surface area contributed by atoms with Crippen molar-refractivity contribution in [1.82, 2.24) is 25.9 Å². The maximum atomic E-state index is 13.2. The number of hydrogen-bond donors (Lipinski definition) is 5. The highest BCUT2D eigenvalue weighted by molar-refractivity contribution is 5.93. The van der Waals surface area contributed by atoms with E-state index in [1.807, 2.05) is 58.0 Å². The lowest BCUT2D eigenvalue weighted by atomic mass is 10.0. The second-order valence-corrected chi connectivity index (χ2v) is 9.76. The van der Waals surface area contributed by atoms with Gasteiger partial charge in [-0.3, -0.25) is 9.59 Å². The molecule has 0 aliphatic carbocycles. The van der Waals surface area contributed by atoms with Crippen molar-refractivity contribution in [2.75, 3.05) is 0 Å². The first-order chi connectivity index (χ1) is 17.5. The van der Waals surface area contributed by atoms with Crippen molar-refractivity contribution in [1.29, 1.82) is 0 Å². The van der Waals surface area contributed by atoms with Crippen LogP contribution in [-0.2, 0) is 32.1 Å². The number of amides is 3.